The molecule has 2 heterocycles. The molecule has 2 saturated heterocycles. The normalized spacial score (nSPS) is 20.2. The lowest BCUT2D eigenvalue weighted by Crippen LogP contribution is -2.42. The van der Waals surface area contributed by atoms with Crippen LogP contribution in [0.1, 0.15) is 52.7 Å². The number of hydrogen-bond acceptors (Lipinski definition) is 10. The summed E-state index contributed by atoms with van der Waals surface area (Å²) in [6, 6.07) is 18.0. The molecular weight excluding hydrogens is 648 g/mol. The number of hydrogen-bond donors (Lipinski definition) is 4. The highest BCUT2D eigenvalue weighted by atomic mass is 16.6. The van der Waals surface area contributed by atoms with Crippen LogP contribution in [0.4, 0.5) is 19.2 Å². The van der Waals surface area contributed by atoms with Crippen molar-refractivity contribution in [1.29, 1.82) is 0 Å². The molecule has 4 atom stereocenters. The molecule has 0 bridgehead atoms. The Balaban J connectivity index is 0.000000270. The molecular formula is C36H52N4O10. The van der Waals surface area contributed by atoms with E-state index in [-0.39, 0.29) is 63.4 Å². The third-order valence-corrected chi connectivity index (χ3v) is 7.69. The zero-order valence-corrected chi connectivity index (χ0v) is 29.8. The Morgan fingerprint density at radius 2 is 0.960 bits per heavy atom. The number of alkyl carbamates (subject to hydrolysis) is 2. The van der Waals surface area contributed by atoms with Gasteiger partial charge in [0.15, 0.2) is 0 Å². The molecule has 50 heavy (non-hydrogen) atoms. The van der Waals surface area contributed by atoms with E-state index >= 15 is 0 Å². The number of amides is 4. The van der Waals surface area contributed by atoms with Gasteiger partial charge in [-0.15, -0.1) is 0 Å². The fourth-order valence-electron chi connectivity index (χ4n) is 5.22. The fourth-order valence-corrected chi connectivity index (χ4v) is 5.22. The van der Waals surface area contributed by atoms with Crippen LogP contribution in [-0.2, 0) is 32.2 Å². The molecule has 2 aliphatic heterocycles. The van der Waals surface area contributed by atoms with E-state index in [0.29, 0.717) is 13.1 Å². The summed E-state index contributed by atoms with van der Waals surface area (Å²) < 4.78 is 21.1. The second kappa shape index (κ2) is 18.4. The van der Waals surface area contributed by atoms with E-state index in [4.69, 9.17) is 18.9 Å². The molecule has 14 nitrogen and oxygen atoms in total. The molecule has 2 aliphatic rings. The highest BCUT2D eigenvalue weighted by Gasteiger charge is 2.39. The molecule has 4 N–H and O–H groups in total. The first kappa shape index (κ1) is 39.9. The predicted molar refractivity (Wildman–Crippen MR) is 184 cm³/mol. The molecule has 0 saturated carbocycles. The maximum Gasteiger partial charge on any atom is 0.410 e. The van der Waals surface area contributed by atoms with Crippen LogP contribution in [0.25, 0.3) is 0 Å². The first-order valence-electron chi connectivity index (χ1n) is 16.7. The summed E-state index contributed by atoms with van der Waals surface area (Å²) in [5.74, 6) is -0.506. The molecule has 0 aromatic heterocycles. The Hall–Kier alpha value is -4.56. The monoisotopic (exact) mass is 700 g/mol. The van der Waals surface area contributed by atoms with Crippen molar-refractivity contribution < 1.29 is 48.3 Å². The quantitative estimate of drug-likeness (QED) is 0.291. The largest absolute Gasteiger partial charge is 0.445 e. The smallest absolute Gasteiger partial charge is 0.410 e. The minimum atomic E-state index is -0.591. The van der Waals surface area contributed by atoms with Gasteiger partial charge in [-0.05, 0) is 52.7 Å². The third-order valence-electron chi connectivity index (χ3n) is 7.69. The van der Waals surface area contributed by atoms with Gasteiger partial charge < -0.3 is 49.6 Å². The van der Waals surface area contributed by atoms with Crippen LogP contribution >= 0.6 is 0 Å². The number of rotatable bonds is 8. The molecule has 0 unspecified atom stereocenters. The summed E-state index contributed by atoms with van der Waals surface area (Å²) in [5.41, 5.74) is 0.592. The topological polar surface area (TPSA) is 176 Å². The van der Waals surface area contributed by atoms with Gasteiger partial charge in [0.05, 0.1) is 12.1 Å². The number of nitrogens with zero attached hydrogens (tertiary/aromatic N) is 2. The molecule has 2 fully saturated rings. The Kier molecular flexibility index (Phi) is 14.7. The standard InChI is InChI=1S/2C18H26N2O5/c2*1-18(2,3)25-17(23)20-9-14(11-21)15(10-20)19-16(22)24-12-13-7-5-4-6-8-13/h2*4-8,14-15,21H,9-12H2,1-3H3,(H,19,22)/t2*14-,15-/m10/s1. The van der Waals surface area contributed by atoms with Gasteiger partial charge in [0.1, 0.15) is 24.4 Å². The Morgan fingerprint density at radius 3 is 1.26 bits per heavy atom. The van der Waals surface area contributed by atoms with Crippen LogP contribution in [0.2, 0.25) is 0 Å². The first-order valence-corrected chi connectivity index (χ1v) is 16.7. The highest BCUT2D eigenvalue weighted by molar-refractivity contribution is 5.71. The van der Waals surface area contributed by atoms with E-state index < -0.39 is 35.6 Å². The summed E-state index contributed by atoms with van der Waals surface area (Å²) in [6.07, 6.45) is -2.04. The molecule has 14 heteroatoms. The second-order valence-corrected chi connectivity index (χ2v) is 14.3. The van der Waals surface area contributed by atoms with Crippen LogP contribution in [0, 0.1) is 11.8 Å². The molecule has 276 valence electrons. The van der Waals surface area contributed by atoms with Crippen molar-refractivity contribution in [2.24, 2.45) is 11.8 Å². The van der Waals surface area contributed by atoms with Gasteiger partial charge in [-0.3, -0.25) is 0 Å². The third kappa shape index (κ3) is 13.7. The van der Waals surface area contributed by atoms with E-state index in [2.05, 4.69) is 10.6 Å². The van der Waals surface area contributed by atoms with Crippen LogP contribution in [0.3, 0.4) is 0 Å². The Bertz CT molecular complexity index is 1280. The molecule has 0 spiro atoms. The Morgan fingerprint density at radius 1 is 0.620 bits per heavy atom. The number of carbonyl (C=O) groups is 4. The van der Waals surface area contributed by atoms with Crippen LogP contribution < -0.4 is 10.6 Å². The first-order chi connectivity index (χ1) is 23.6. The van der Waals surface area contributed by atoms with E-state index in [1.165, 1.54) is 9.80 Å². The van der Waals surface area contributed by atoms with E-state index in [1.807, 2.05) is 60.7 Å². The minimum Gasteiger partial charge on any atom is -0.445 e. The Labute approximate surface area is 294 Å². The average molecular weight is 701 g/mol. The molecule has 4 amide bonds. The number of likely N-dealkylation sites (tertiary alicyclic amines) is 2. The zero-order chi connectivity index (χ0) is 36.9. The van der Waals surface area contributed by atoms with Crippen LogP contribution in [0.5, 0.6) is 0 Å². The second-order valence-electron chi connectivity index (χ2n) is 14.3. The van der Waals surface area contributed by atoms with Crippen molar-refractivity contribution in [1.82, 2.24) is 20.4 Å². The highest BCUT2D eigenvalue weighted by Crippen LogP contribution is 2.21. The molecule has 4 rings (SSSR count). The summed E-state index contributed by atoms with van der Waals surface area (Å²) in [5, 5.41) is 24.5. The van der Waals surface area contributed by atoms with Gasteiger partial charge in [0.2, 0.25) is 0 Å². The molecule has 0 radical (unpaired) electrons. The van der Waals surface area contributed by atoms with Gasteiger partial charge in [-0.2, -0.15) is 0 Å². The minimum absolute atomic E-state index is 0.136. The van der Waals surface area contributed by atoms with Gasteiger partial charge >= 0.3 is 24.4 Å². The van der Waals surface area contributed by atoms with Crippen molar-refractivity contribution >= 4 is 24.4 Å². The fraction of sp³-hybridized carbons (Fsp3) is 0.556. The number of benzene rings is 2. The predicted octanol–water partition coefficient (Wildman–Crippen LogP) is 4.28. The van der Waals surface area contributed by atoms with Gasteiger partial charge in [-0.1, -0.05) is 60.7 Å². The van der Waals surface area contributed by atoms with Crippen molar-refractivity contribution in [3.05, 3.63) is 71.8 Å². The van der Waals surface area contributed by atoms with E-state index in [0.717, 1.165) is 11.1 Å². The average Bonchev–Trinajstić information content (AvgIpc) is 3.66. The van der Waals surface area contributed by atoms with Gasteiger partial charge in [0, 0.05) is 51.2 Å². The summed E-state index contributed by atoms with van der Waals surface area (Å²) >= 11 is 0. The van der Waals surface area contributed by atoms with Crippen molar-refractivity contribution in [2.45, 2.75) is 78.0 Å². The lowest BCUT2D eigenvalue weighted by Gasteiger charge is -2.24. The number of ether oxygens (including phenoxy) is 4. The van der Waals surface area contributed by atoms with Gasteiger partial charge in [-0.25, -0.2) is 19.2 Å². The van der Waals surface area contributed by atoms with Crippen LogP contribution in [-0.4, -0.2) is 107 Å². The SMILES string of the molecule is CC(C)(C)OC(=O)N1C[C@@H](CO)[C@@H](NC(=O)OCc2ccccc2)C1.CC(C)(C)OC(=O)N1C[C@H](CO)[C@H](NC(=O)OCc2ccccc2)C1. The number of carbonyl (C=O) groups excluding carboxylic acids is 4. The lowest BCUT2D eigenvalue weighted by molar-refractivity contribution is 0.0271. The number of aliphatic hydroxyl groups excluding tert-OH is 2. The summed E-state index contributed by atoms with van der Waals surface area (Å²) in [4.78, 5) is 51.3. The summed E-state index contributed by atoms with van der Waals surface area (Å²) in [7, 11) is 0. The van der Waals surface area contributed by atoms with Crippen molar-refractivity contribution in [3.63, 3.8) is 0 Å². The maximum absolute atomic E-state index is 12.1. The summed E-state index contributed by atoms with van der Waals surface area (Å²) in [6.45, 7) is 12.0. The van der Waals surface area contributed by atoms with E-state index in [1.54, 1.807) is 41.5 Å². The lowest BCUT2D eigenvalue weighted by atomic mass is 10.1. The number of aliphatic hydroxyl groups is 2. The van der Waals surface area contributed by atoms with Crippen molar-refractivity contribution in [3.8, 4) is 0 Å². The maximum atomic E-state index is 12.1. The molecule has 2 aromatic carbocycles. The molecule has 0 aliphatic carbocycles. The zero-order valence-electron chi connectivity index (χ0n) is 29.8. The van der Waals surface area contributed by atoms with Crippen LogP contribution in [0.15, 0.2) is 60.7 Å². The number of nitrogens with one attached hydrogen (secondary N) is 2. The van der Waals surface area contributed by atoms with E-state index in [9.17, 15) is 29.4 Å². The van der Waals surface area contributed by atoms with Gasteiger partial charge in [0.25, 0.3) is 0 Å². The van der Waals surface area contributed by atoms with Crippen molar-refractivity contribution in [2.75, 3.05) is 39.4 Å². The molecule has 2 aromatic rings.